The van der Waals surface area contributed by atoms with Gasteiger partial charge in [-0.05, 0) is 36.4 Å². The third-order valence-corrected chi connectivity index (χ3v) is 3.61. The molecule has 20 heavy (non-hydrogen) atoms. The van der Waals surface area contributed by atoms with Gasteiger partial charge in [0.25, 0.3) is 0 Å². The highest BCUT2D eigenvalue weighted by atomic mass is 32.2. The van der Waals surface area contributed by atoms with Gasteiger partial charge in [0, 0.05) is 12.4 Å². The monoisotopic (exact) mass is 284 g/mol. The summed E-state index contributed by atoms with van der Waals surface area (Å²) in [6.45, 7) is 2.03. The van der Waals surface area contributed by atoms with Gasteiger partial charge in [-0.15, -0.1) is 0 Å². The molecule has 0 aliphatic rings. The Balaban J connectivity index is 1.99. The zero-order valence-electron chi connectivity index (χ0n) is 10.7. The minimum absolute atomic E-state index is 0.104. The van der Waals surface area contributed by atoms with E-state index in [-0.39, 0.29) is 5.84 Å². The smallest absolute Gasteiger partial charge is 0.172 e. The lowest BCUT2D eigenvalue weighted by Crippen LogP contribution is -2.15. The van der Waals surface area contributed by atoms with Gasteiger partial charge in [0.1, 0.15) is 16.6 Å². The number of hydrogen-bond donors (Lipinski definition) is 3. The summed E-state index contributed by atoms with van der Waals surface area (Å²) >= 11 is 1.31. The number of hydrogen-bond acceptors (Lipinski definition) is 5. The van der Waals surface area contributed by atoms with Crippen LogP contribution in [0.3, 0.4) is 0 Å². The summed E-state index contributed by atoms with van der Waals surface area (Å²) in [5, 5.41) is 8.78. The number of aromatic amines is 1. The third kappa shape index (κ3) is 2.35. The van der Waals surface area contributed by atoms with Gasteiger partial charge in [0.2, 0.25) is 0 Å². The minimum atomic E-state index is -0.104. The van der Waals surface area contributed by atoms with Crippen LogP contribution >= 0.6 is 11.8 Å². The lowest BCUT2D eigenvalue weighted by Gasteiger charge is -2.02. The van der Waals surface area contributed by atoms with E-state index >= 15 is 0 Å². The Morgan fingerprint density at radius 2 is 2.10 bits per heavy atom. The van der Waals surface area contributed by atoms with Gasteiger partial charge < -0.3 is 10.7 Å². The van der Waals surface area contributed by atoms with Crippen LogP contribution in [0.25, 0.3) is 11.0 Å². The van der Waals surface area contributed by atoms with Crippen LogP contribution in [0.5, 0.6) is 0 Å². The topological polar surface area (TPSA) is 104 Å². The molecule has 7 heteroatoms. The van der Waals surface area contributed by atoms with Crippen LogP contribution in [-0.2, 0) is 0 Å². The molecule has 0 aliphatic heterocycles. The largest absolute Gasteiger partial charge is 0.382 e. The summed E-state index contributed by atoms with van der Waals surface area (Å²) in [5.41, 5.74) is 8.91. The van der Waals surface area contributed by atoms with E-state index in [0.717, 1.165) is 11.0 Å². The number of benzene rings is 1. The average Bonchev–Trinajstić information content (AvgIpc) is 2.80. The molecule has 6 nitrogen and oxygen atoms in total. The number of nitrogen functional groups attached to an aromatic ring is 1. The predicted molar refractivity (Wildman–Crippen MR) is 78.0 cm³/mol. The highest BCUT2D eigenvalue weighted by Gasteiger charge is 2.12. The van der Waals surface area contributed by atoms with Crippen molar-refractivity contribution < 1.29 is 0 Å². The first kappa shape index (κ1) is 12.6. The normalized spacial score (nSPS) is 10.8. The van der Waals surface area contributed by atoms with E-state index < -0.39 is 0 Å². The zero-order chi connectivity index (χ0) is 14.1. The SMILES string of the molecule is Cc1ccc2nc(Sc3nccnc3C(=N)N)[nH]c2c1. The molecule has 0 bridgehead atoms. The molecule has 100 valence electrons. The van der Waals surface area contributed by atoms with E-state index in [2.05, 4.69) is 19.9 Å². The molecule has 0 saturated carbocycles. The number of amidine groups is 1. The molecule has 0 amide bonds. The molecule has 0 spiro atoms. The molecular weight excluding hydrogens is 272 g/mol. The van der Waals surface area contributed by atoms with Crippen molar-refractivity contribution in [3.05, 3.63) is 41.9 Å². The number of fused-ring (bicyclic) bond motifs is 1. The zero-order valence-corrected chi connectivity index (χ0v) is 11.5. The van der Waals surface area contributed by atoms with Gasteiger partial charge in [-0.2, -0.15) is 0 Å². The third-order valence-electron chi connectivity index (χ3n) is 2.73. The van der Waals surface area contributed by atoms with Crippen molar-refractivity contribution in [3.8, 4) is 0 Å². The highest BCUT2D eigenvalue weighted by Crippen LogP contribution is 2.27. The van der Waals surface area contributed by atoms with Crippen molar-refractivity contribution in [1.82, 2.24) is 19.9 Å². The summed E-state index contributed by atoms with van der Waals surface area (Å²) in [6, 6.07) is 6.02. The molecule has 0 fully saturated rings. The Labute approximate surface area is 119 Å². The van der Waals surface area contributed by atoms with Crippen molar-refractivity contribution in [2.75, 3.05) is 0 Å². The summed E-state index contributed by atoms with van der Waals surface area (Å²) in [5.74, 6) is -0.104. The summed E-state index contributed by atoms with van der Waals surface area (Å²) in [6.07, 6.45) is 3.09. The van der Waals surface area contributed by atoms with Crippen LogP contribution in [0.2, 0.25) is 0 Å². The molecule has 2 heterocycles. The van der Waals surface area contributed by atoms with Crippen LogP contribution < -0.4 is 5.73 Å². The molecule has 0 saturated heterocycles. The van der Waals surface area contributed by atoms with Crippen molar-refractivity contribution in [2.45, 2.75) is 17.1 Å². The lowest BCUT2D eigenvalue weighted by molar-refractivity contribution is 1.01. The maximum atomic E-state index is 7.51. The molecule has 3 rings (SSSR count). The number of nitrogens with one attached hydrogen (secondary N) is 2. The first-order valence-electron chi connectivity index (χ1n) is 5.93. The Kier molecular flexibility index (Phi) is 3.11. The van der Waals surface area contributed by atoms with Crippen LogP contribution in [0.4, 0.5) is 0 Å². The number of aromatic nitrogens is 4. The van der Waals surface area contributed by atoms with Gasteiger partial charge in [-0.1, -0.05) is 6.07 Å². The van der Waals surface area contributed by atoms with Crippen LogP contribution in [-0.4, -0.2) is 25.8 Å². The number of H-pyrrole nitrogens is 1. The van der Waals surface area contributed by atoms with Crippen molar-refractivity contribution >= 4 is 28.6 Å². The first-order valence-corrected chi connectivity index (χ1v) is 6.75. The second-order valence-corrected chi connectivity index (χ2v) is 5.27. The van der Waals surface area contributed by atoms with Crippen LogP contribution in [0.15, 0.2) is 40.8 Å². The van der Waals surface area contributed by atoms with E-state index in [1.54, 1.807) is 6.20 Å². The highest BCUT2D eigenvalue weighted by molar-refractivity contribution is 7.99. The molecule has 0 aliphatic carbocycles. The quantitative estimate of drug-likeness (QED) is 0.504. The van der Waals surface area contributed by atoms with Gasteiger partial charge in [-0.3, -0.25) is 5.41 Å². The van der Waals surface area contributed by atoms with Gasteiger partial charge >= 0.3 is 0 Å². The summed E-state index contributed by atoms with van der Waals surface area (Å²) < 4.78 is 0. The van der Waals surface area contributed by atoms with Gasteiger partial charge in [0.05, 0.1) is 11.0 Å². The first-order chi connectivity index (χ1) is 9.63. The van der Waals surface area contributed by atoms with Crippen molar-refractivity contribution in [2.24, 2.45) is 5.73 Å². The van der Waals surface area contributed by atoms with Crippen molar-refractivity contribution in [3.63, 3.8) is 0 Å². The van der Waals surface area contributed by atoms with Gasteiger partial charge in [-0.25, -0.2) is 15.0 Å². The van der Waals surface area contributed by atoms with Crippen LogP contribution in [0, 0.1) is 12.3 Å². The molecule has 3 aromatic rings. The fourth-order valence-corrected chi connectivity index (χ4v) is 2.69. The van der Waals surface area contributed by atoms with E-state index in [4.69, 9.17) is 11.1 Å². The maximum absolute atomic E-state index is 7.51. The van der Waals surface area contributed by atoms with E-state index in [0.29, 0.717) is 15.9 Å². The Bertz CT molecular complexity index is 794. The second-order valence-electron chi connectivity index (χ2n) is 4.29. The molecule has 0 atom stereocenters. The molecule has 0 radical (unpaired) electrons. The van der Waals surface area contributed by atoms with Crippen LogP contribution in [0.1, 0.15) is 11.3 Å². The summed E-state index contributed by atoms with van der Waals surface area (Å²) in [7, 11) is 0. The number of nitrogens with two attached hydrogens (primary N) is 1. The number of imidazole rings is 1. The maximum Gasteiger partial charge on any atom is 0.172 e. The molecule has 4 N–H and O–H groups in total. The molecule has 1 aromatic carbocycles. The fraction of sp³-hybridized carbons (Fsp3) is 0.0769. The van der Waals surface area contributed by atoms with E-state index in [1.807, 2.05) is 25.1 Å². The number of aryl methyl sites for hydroxylation is 1. The average molecular weight is 284 g/mol. The minimum Gasteiger partial charge on any atom is -0.382 e. The second kappa shape index (κ2) is 4.93. The number of nitrogens with zero attached hydrogens (tertiary/aromatic N) is 3. The predicted octanol–water partition coefficient (Wildman–Crippen LogP) is 2.10. The van der Waals surface area contributed by atoms with Gasteiger partial charge in [0.15, 0.2) is 5.16 Å². The molecule has 0 unspecified atom stereocenters. The Hall–Kier alpha value is -2.41. The van der Waals surface area contributed by atoms with Crippen molar-refractivity contribution in [1.29, 1.82) is 5.41 Å². The Morgan fingerprint density at radius 3 is 2.90 bits per heavy atom. The lowest BCUT2D eigenvalue weighted by atomic mass is 10.2. The van der Waals surface area contributed by atoms with E-state index in [9.17, 15) is 0 Å². The van der Waals surface area contributed by atoms with E-state index in [1.165, 1.54) is 23.5 Å². The molecule has 2 aromatic heterocycles. The Morgan fingerprint density at radius 1 is 1.30 bits per heavy atom. The number of rotatable bonds is 3. The fourth-order valence-electron chi connectivity index (χ4n) is 1.82. The standard InChI is InChI=1S/C13H12N6S/c1-7-2-3-8-9(6-7)19-13(18-8)20-12-10(11(14)15)16-4-5-17-12/h2-6H,1H3,(H3,14,15)(H,18,19). The summed E-state index contributed by atoms with van der Waals surface area (Å²) in [4.78, 5) is 16.0. The molecular formula is C13H12N6S.